The van der Waals surface area contributed by atoms with Crippen LogP contribution in [0.15, 0.2) is 30.3 Å². The summed E-state index contributed by atoms with van der Waals surface area (Å²) in [5.41, 5.74) is 1.49. The average Bonchev–Trinajstić information content (AvgIpc) is 2.38. The highest BCUT2D eigenvalue weighted by Crippen LogP contribution is 2.14. The first-order chi connectivity index (χ1) is 10.3. The molecule has 0 radical (unpaired) electrons. The number of benzene rings is 1. The van der Waals surface area contributed by atoms with Crippen LogP contribution in [0.1, 0.15) is 32.0 Å². The molecule has 0 fully saturated rings. The maximum absolute atomic E-state index is 13.6. The van der Waals surface area contributed by atoms with E-state index in [-0.39, 0.29) is 11.4 Å². The Morgan fingerprint density at radius 2 is 1.86 bits per heavy atom. The van der Waals surface area contributed by atoms with Crippen LogP contribution in [0.4, 0.5) is 16.2 Å². The molecule has 0 bridgehead atoms. The summed E-state index contributed by atoms with van der Waals surface area (Å²) in [6.07, 6.45) is 0.609. The lowest BCUT2D eigenvalue weighted by molar-refractivity contribution is 0.610. The second-order valence-electron chi connectivity index (χ2n) is 6.36. The molecule has 4 nitrogen and oxygen atoms in total. The number of aromatic nitrogens is 2. The van der Waals surface area contributed by atoms with Gasteiger partial charge in [0, 0.05) is 23.8 Å². The van der Waals surface area contributed by atoms with Crippen LogP contribution in [0.25, 0.3) is 0 Å². The Bertz CT molecular complexity index is 635. The van der Waals surface area contributed by atoms with Gasteiger partial charge in [0.1, 0.15) is 11.6 Å². The van der Waals surface area contributed by atoms with Crippen LogP contribution in [-0.2, 0) is 6.42 Å². The van der Waals surface area contributed by atoms with E-state index in [0.717, 1.165) is 11.5 Å². The summed E-state index contributed by atoms with van der Waals surface area (Å²) in [4.78, 5) is 8.82. The summed E-state index contributed by atoms with van der Waals surface area (Å²) in [6, 6.07) is 8.71. The monoisotopic (exact) mass is 302 g/mol. The fraction of sp³-hybridized carbons (Fsp3) is 0.412. The Labute approximate surface area is 131 Å². The van der Waals surface area contributed by atoms with Gasteiger partial charge in [-0.15, -0.1) is 0 Å². The summed E-state index contributed by atoms with van der Waals surface area (Å²) in [7, 11) is 0. The molecule has 1 aromatic heterocycles. The van der Waals surface area contributed by atoms with Gasteiger partial charge in [-0.1, -0.05) is 18.2 Å². The third kappa shape index (κ3) is 4.98. The van der Waals surface area contributed by atoms with E-state index in [1.54, 1.807) is 12.1 Å². The van der Waals surface area contributed by atoms with E-state index in [1.807, 2.05) is 19.1 Å². The van der Waals surface area contributed by atoms with Crippen molar-refractivity contribution in [2.75, 3.05) is 17.2 Å². The number of hydrogen-bond donors (Lipinski definition) is 2. The first-order valence-electron chi connectivity index (χ1n) is 7.45. The van der Waals surface area contributed by atoms with Crippen molar-refractivity contribution in [2.45, 2.75) is 39.7 Å². The summed E-state index contributed by atoms with van der Waals surface area (Å²) in [5, 5.41) is 6.49. The quantitative estimate of drug-likeness (QED) is 0.882. The molecule has 22 heavy (non-hydrogen) atoms. The van der Waals surface area contributed by atoms with Crippen molar-refractivity contribution in [2.24, 2.45) is 0 Å². The molecule has 0 saturated heterocycles. The molecular formula is C17H23FN4. The molecule has 5 heteroatoms. The van der Waals surface area contributed by atoms with Gasteiger partial charge in [-0.3, -0.25) is 0 Å². The van der Waals surface area contributed by atoms with E-state index in [4.69, 9.17) is 0 Å². The van der Waals surface area contributed by atoms with Crippen molar-refractivity contribution in [3.05, 3.63) is 47.4 Å². The van der Waals surface area contributed by atoms with Gasteiger partial charge in [0.25, 0.3) is 0 Å². The predicted molar refractivity (Wildman–Crippen MR) is 88.7 cm³/mol. The molecule has 1 aromatic carbocycles. The third-order valence-corrected chi connectivity index (χ3v) is 3.00. The number of anilines is 2. The SMILES string of the molecule is Cc1cc(NCCc2ccccc2F)nc(NC(C)(C)C)n1. The number of rotatable bonds is 5. The standard InChI is InChI=1S/C17H23FN4/c1-12-11-15(21-16(20-12)22-17(2,3)4)19-10-9-13-7-5-6-8-14(13)18/h5-8,11H,9-10H2,1-4H3,(H2,19,20,21,22). The number of nitrogens with one attached hydrogen (secondary N) is 2. The van der Waals surface area contributed by atoms with Gasteiger partial charge < -0.3 is 10.6 Å². The maximum atomic E-state index is 13.6. The van der Waals surface area contributed by atoms with Crippen molar-refractivity contribution in [1.29, 1.82) is 0 Å². The van der Waals surface area contributed by atoms with Gasteiger partial charge in [-0.25, -0.2) is 9.37 Å². The molecule has 2 aromatic rings. The number of halogens is 1. The van der Waals surface area contributed by atoms with Gasteiger partial charge >= 0.3 is 0 Å². The molecule has 0 amide bonds. The van der Waals surface area contributed by atoms with Gasteiger partial charge in [0.2, 0.25) is 5.95 Å². The molecule has 0 aliphatic rings. The lowest BCUT2D eigenvalue weighted by Gasteiger charge is -2.21. The molecule has 0 unspecified atom stereocenters. The third-order valence-electron chi connectivity index (χ3n) is 3.00. The van der Waals surface area contributed by atoms with E-state index < -0.39 is 0 Å². The maximum Gasteiger partial charge on any atom is 0.225 e. The molecule has 0 aliphatic carbocycles. The fourth-order valence-electron chi connectivity index (χ4n) is 2.08. The zero-order valence-corrected chi connectivity index (χ0v) is 13.6. The largest absolute Gasteiger partial charge is 0.370 e. The summed E-state index contributed by atoms with van der Waals surface area (Å²) in [6.45, 7) is 8.72. The zero-order chi connectivity index (χ0) is 16.2. The fourth-order valence-corrected chi connectivity index (χ4v) is 2.08. The number of hydrogen-bond acceptors (Lipinski definition) is 4. The van der Waals surface area contributed by atoms with E-state index in [1.165, 1.54) is 6.07 Å². The van der Waals surface area contributed by atoms with Gasteiger partial charge in [0.05, 0.1) is 0 Å². The lowest BCUT2D eigenvalue weighted by Crippen LogP contribution is -2.27. The van der Waals surface area contributed by atoms with Crippen LogP contribution in [0.3, 0.4) is 0 Å². The van der Waals surface area contributed by atoms with E-state index in [9.17, 15) is 4.39 Å². The molecule has 0 spiro atoms. The molecule has 118 valence electrons. The number of nitrogens with zero attached hydrogens (tertiary/aromatic N) is 2. The molecule has 1 heterocycles. The normalized spacial score (nSPS) is 11.3. The first kappa shape index (κ1) is 16.2. The molecule has 2 rings (SSSR count). The Hall–Kier alpha value is -2.17. The number of aryl methyl sites for hydroxylation is 1. The zero-order valence-electron chi connectivity index (χ0n) is 13.6. The second-order valence-corrected chi connectivity index (χ2v) is 6.36. The summed E-state index contributed by atoms with van der Waals surface area (Å²) in [5.74, 6) is 1.18. The molecule has 0 atom stereocenters. The minimum Gasteiger partial charge on any atom is -0.370 e. The highest BCUT2D eigenvalue weighted by molar-refractivity contribution is 5.43. The van der Waals surface area contributed by atoms with E-state index >= 15 is 0 Å². The molecular weight excluding hydrogens is 279 g/mol. The minimum absolute atomic E-state index is 0.0990. The van der Waals surface area contributed by atoms with Crippen molar-refractivity contribution in [3.63, 3.8) is 0 Å². The Morgan fingerprint density at radius 3 is 2.55 bits per heavy atom. The molecule has 2 N–H and O–H groups in total. The van der Waals surface area contributed by atoms with Gasteiger partial charge in [-0.05, 0) is 45.7 Å². The summed E-state index contributed by atoms with van der Waals surface area (Å²) < 4.78 is 13.6. The van der Waals surface area contributed by atoms with Crippen LogP contribution >= 0.6 is 0 Å². The lowest BCUT2D eigenvalue weighted by atomic mass is 10.1. The topological polar surface area (TPSA) is 49.8 Å². The molecule has 0 saturated carbocycles. The van der Waals surface area contributed by atoms with Crippen LogP contribution < -0.4 is 10.6 Å². The summed E-state index contributed by atoms with van der Waals surface area (Å²) >= 11 is 0. The molecule has 0 aliphatic heterocycles. The van der Waals surface area contributed by atoms with E-state index in [2.05, 4.69) is 41.4 Å². The Balaban J connectivity index is 1.99. The minimum atomic E-state index is -0.168. The van der Waals surface area contributed by atoms with Crippen LogP contribution in [0.2, 0.25) is 0 Å². The van der Waals surface area contributed by atoms with E-state index in [0.29, 0.717) is 24.5 Å². The van der Waals surface area contributed by atoms with Crippen LogP contribution in [0.5, 0.6) is 0 Å². The highest BCUT2D eigenvalue weighted by atomic mass is 19.1. The van der Waals surface area contributed by atoms with Crippen molar-refractivity contribution in [1.82, 2.24) is 9.97 Å². The highest BCUT2D eigenvalue weighted by Gasteiger charge is 2.12. The average molecular weight is 302 g/mol. The van der Waals surface area contributed by atoms with Gasteiger partial charge in [-0.2, -0.15) is 4.98 Å². The van der Waals surface area contributed by atoms with Crippen LogP contribution in [0, 0.1) is 12.7 Å². The smallest absolute Gasteiger partial charge is 0.225 e. The van der Waals surface area contributed by atoms with Crippen molar-refractivity contribution < 1.29 is 4.39 Å². The van der Waals surface area contributed by atoms with Crippen molar-refractivity contribution in [3.8, 4) is 0 Å². The predicted octanol–water partition coefficient (Wildman–Crippen LogP) is 3.79. The van der Waals surface area contributed by atoms with Crippen LogP contribution in [-0.4, -0.2) is 22.1 Å². The van der Waals surface area contributed by atoms with Crippen molar-refractivity contribution >= 4 is 11.8 Å². The first-order valence-corrected chi connectivity index (χ1v) is 7.45. The Kier molecular flexibility index (Phi) is 4.96. The Morgan fingerprint density at radius 1 is 1.14 bits per heavy atom. The second kappa shape index (κ2) is 6.73. The van der Waals surface area contributed by atoms with Gasteiger partial charge in [0.15, 0.2) is 0 Å².